The summed E-state index contributed by atoms with van der Waals surface area (Å²) in [5.41, 5.74) is 13.0. The molecule has 0 aromatic heterocycles. The molecule has 0 saturated heterocycles. The van der Waals surface area contributed by atoms with E-state index in [4.69, 9.17) is 11.5 Å². The van der Waals surface area contributed by atoms with Crippen LogP contribution in [0.3, 0.4) is 0 Å². The Labute approximate surface area is 93.9 Å². The van der Waals surface area contributed by atoms with Crippen molar-refractivity contribution in [2.24, 2.45) is 5.73 Å². The van der Waals surface area contributed by atoms with E-state index in [0.717, 1.165) is 17.7 Å². The van der Waals surface area contributed by atoms with Crippen LogP contribution in [0.25, 0.3) is 0 Å². The number of nitrogen functional groups attached to an aromatic ring is 1. The summed E-state index contributed by atoms with van der Waals surface area (Å²) in [5.74, 6) is 0. The summed E-state index contributed by atoms with van der Waals surface area (Å²) in [4.78, 5) is 0. The number of hydrogen-bond acceptors (Lipinski definition) is 2. The molecule has 0 bridgehead atoms. The normalized spacial score (nSPS) is 8.08. The molecule has 0 radical (unpaired) electrons. The molecule has 2 nitrogen and oxygen atoms in total. The maximum atomic E-state index is 5.65. The van der Waals surface area contributed by atoms with Crippen molar-refractivity contribution in [2.45, 2.75) is 6.42 Å². The van der Waals surface area contributed by atoms with Gasteiger partial charge in [-0.1, -0.05) is 18.2 Å². The molecule has 0 aliphatic carbocycles. The van der Waals surface area contributed by atoms with Crippen LogP contribution in [-0.4, -0.2) is 6.54 Å². The minimum absolute atomic E-state index is 0. The molecule has 0 atom stereocenters. The van der Waals surface area contributed by atoms with Gasteiger partial charge in [-0.2, -0.15) is 0 Å². The van der Waals surface area contributed by atoms with E-state index in [-0.39, 0.29) is 34.0 Å². The summed E-state index contributed by atoms with van der Waals surface area (Å²) in [5, 5.41) is 0. The molecule has 1 aromatic carbocycles. The molecular formula is C8H14Br2N2. The number of halogens is 2. The van der Waals surface area contributed by atoms with Crippen LogP contribution in [0.2, 0.25) is 0 Å². The van der Waals surface area contributed by atoms with Gasteiger partial charge in [-0.25, -0.2) is 0 Å². The number of rotatable bonds is 2. The van der Waals surface area contributed by atoms with Crippen molar-refractivity contribution in [2.75, 3.05) is 12.3 Å². The van der Waals surface area contributed by atoms with Crippen molar-refractivity contribution < 1.29 is 0 Å². The first-order valence-corrected chi connectivity index (χ1v) is 3.38. The van der Waals surface area contributed by atoms with Gasteiger partial charge in [-0.05, 0) is 24.6 Å². The minimum Gasteiger partial charge on any atom is -0.399 e. The Bertz CT molecular complexity index is 216. The van der Waals surface area contributed by atoms with Gasteiger partial charge >= 0.3 is 0 Å². The van der Waals surface area contributed by atoms with Crippen LogP contribution in [0.4, 0.5) is 5.69 Å². The predicted octanol–water partition coefficient (Wildman–Crippen LogP) is 1.93. The van der Waals surface area contributed by atoms with Crippen LogP contribution in [0.5, 0.6) is 0 Å². The van der Waals surface area contributed by atoms with Crippen LogP contribution in [0.15, 0.2) is 24.3 Å². The smallest absolute Gasteiger partial charge is 0.0347 e. The Morgan fingerprint density at radius 1 is 1.08 bits per heavy atom. The molecule has 0 aliphatic heterocycles. The maximum absolute atomic E-state index is 5.65. The van der Waals surface area contributed by atoms with E-state index >= 15 is 0 Å². The number of nitrogens with two attached hydrogens (primary N) is 2. The van der Waals surface area contributed by atoms with Gasteiger partial charge in [0.15, 0.2) is 0 Å². The lowest BCUT2D eigenvalue weighted by Gasteiger charge is -2.01. The number of benzene rings is 1. The average molecular weight is 298 g/mol. The fraction of sp³-hybridized carbons (Fsp3) is 0.250. The van der Waals surface area contributed by atoms with Gasteiger partial charge in [0.25, 0.3) is 0 Å². The summed E-state index contributed by atoms with van der Waals surface area (Å²) >= 11 is 0. The number of hydrogen-bond donors (Lipinski definition) is 2. The SMILES string of the molecule is Br.Br.NCCc1ccccc1N. The molecule has 12 heavy (non-hydrogen) atoms. The summed E-state index contributed by atoms with van der Waals surface area (Å²) in [6, 6.07) is 7.80. The van der Waals surface area contributed by atoms with Crippen molar-refractivity contribution in [1.82, 2.24) is 0 Å². The molecule has 1 aromatic rings. The summed E-state index contributed by atoms with van der Waals surface area (Å²) in [7, 11) is 0. The van der Waals surface area contributed by atoms with Gasteiger partial charge in [0.1, 0.15) is 0 Å². The highest BCUT2D eigenvalue weighted by atomic mass is 79.9. The van der Waals surface area contributed by atoms with Gasteiger partial charge in [0.05, 0.1) is 0 Å². The van der Waals surface area contributed by atoms with Crippen LogP contribution in [0.1, 0.15) is 5.56 Å². The molecule has 0 fully saturated rings. The average Bonchev–Trinajstić information content (AvgIpc) is 1.94. The third-order valence-electron chi connectivity index (χ3n) is 1.47. The highest BCUT2D eigenvalue weighted by Crippen LogP contribution is 2.09. The van der Waals surface area contributed by atoms with E-state index in [0.29, 0.717) is 6.54 Å². The van der Waals surface area contributed by atoms with Crippen molar-refractivity contribution in [1.29, 1.82) is 0 Å². The van der Waals surface area contributed by atoms with E-state index in [1.54, 1.807) is 0 Å². The Kier molecular flexibility index (Phi) is 9.14. The molecule has 0 heterocycles. The first-order chi connectivity index (χ1) is 4.84. The highest BCUT2D eigenvalue weighted by molar-refractivity contribution is 8.93. The van der Waals surface area contributed by atoms with Gasteiger partial charge in [-0.15, -0.1) is 34.0 Å². The Morgan fingerprint density at radius 2 is 1.67 bits per heavy atom. The topological polar surface area (TPSA) is 52.0 Å². The van der Waals surface area contributed by atoms with E-state index in [9.17, 15) is 0 Å². The molecule has 0 saturated carbocycles. The molecule has 0 amide bonds. The largest absolute Gasteiger partial charge is 0.399 e. The van der Waals surface area contributed by atoms with Crippen LogP contribution < -0.4 is 11.5 Å². The van der Waals surface area contributed by atoms with E-state index in [1.165, 1.54) is 0 Å². The molecule has 70 valence electrons. The molecule has 0 spiro atoms. The van der Waals surface area contributed by atoms with Crippen molar-refractivity contribution in [3.05, 3.63) is 29.8 Å². The first-order valence-electron chi connectivity index (χ1n) is 3.38. The highest BCUT2D eigenvalue weighted by Gasteiger charge is 1.93. The molecule has 0 aliphatic rings. The standard InChI is InChI=1S/C8H12N2.2BrH/c9-6-5-7-3-1-2-4-8(7)10;;/h1-4H,5-6,9-10H2;2*1H. The van der Waals surface area contributed by atoms with Gasteiger partial charge in [0.2, 0.25) is 0 Å². The second-order valence-corrected chi connectivity index (χ2v) is 2.24. The first kappa shape index (κ1) is 14.5. The predicted molar refractivity (Wildman–Crippen MR) is 64.3 cm³/mol. The monoisotopic (exact) mass is 296 g/mol. The Morgan fingerprint density at radius 3 is 2.17 bits per heavy atom. The Hall–Kier alpha value is -0.0600. The van der Waals surface area contributed by atoms with E-state index < -0.39 is 0 Å². The number of anilines is 1. The van der Waals surface area contributed by atoms with Gasteiger partial charge in [-0.3, -0.25) is 0 Å². The third kappa shape index (κ3) is 4.09. The zero-order chi connectivity index (χ0) is 7.40. The third-order valence-corrected chi connectivity index (χ3v) is 1.47. The fourth-order valence-electron chi connectivity index (χ4n) is 0.917. The summed E-state index contributed by atoms with van der Waals surface area (Å²) in [6.07, 6.45) is 0.868. The quantitative estimate of drug-likeness (QED) is 0.820. The minimum atomic E-state index is 0. The zero-order valence-corrected chi connectivity index (χ0v) is 10.1. The van der Waals surface area contributed by atoms with Crippen LogP contribution in [-0.2, 0) is 6.42 Å². The fourth-order valence-corrected chi connectivity index (χ4v) is 0.917. The lowest BCUT2D eigenvalue weighted by molar-refractivity contribution is 0.971. The number of para-hydroxylation sites is 1. The maximum Gasteiger partial charge on any atom is 0.0347 e. The van der Waals surface area contributed by atoms with Crippen molar-refractivity contribution in [3.8, 4) is 0 Å². The van der Waals surface area contributed by atoms with Crippen LogP contribution in [0, 0.1) is 0 Å². The molecule has 4 heteroatoms. The van der Waals surface area contributed by atoms with Crippen molar-refractivity contribution in [3.63, 3.8) is 0 Å². The second kappa shape index (κ2) is 7.58. The van der Waals surface area contributed by atoms with Crippen LogP contribution >= 0.6 is 34.0 Å². The van der Waals surface area contributed by atoms with Gasteiger partial charge in [0, 0.05) is 5.69 Å². The lowest BCUT2D eigenvalue weighted by atomic mass is 10.1. The molecule has 1 rings (SSSR count). The van der Waals surface area contributed by atoms with Crippen molar-refractivity contribution >= 4 is 39.7 Å². The summed E-state index contributed by atoms with van der Waals surface area (Å²) < 4.78 is 0. The van der Waals surface area contributed by atoms with E-state index in [1.807, 2.05) is 24.3 Å². The zero-order valence-electron chi connectivity index (χ0n) is 6.69. The Balaban J connectivity index is 0. The van der Waals surface area contributed by atoms with Gasteiger partial charge < -0.3 is 11.5 Å². The summed E-state index contributed by atoms with van der Waals surface area (Å²) in [6.45, 7) is 0.661. The lowest BCUT2D eigenvalue weighted by Crippen LogP contribution is -2.04. The second-order valence-electron chi connectivity index (χ2n) is 2.24. The van der Waals surface area contributed by atoms with E-state index in [2.05, 4.69) is 0 Å². The molecule has 0 unspecified atom stereocenters. The molecular weight excluding hydrogens is 284 g/mol. The molecule has 4 N–H and O–H groups in total.